The lowest BCUT2D eigenvalue weighted by Gasteiger charge is -1.94. The van der Waals surface area contributed by atoms with Crippen molar-refractivity contribution in [1.29, 1.82) is 5.39 Å². The Labute approximate surface area is 77.3 Å². The predicted molar refractivity (Wildman–Crippen MR) is 45.8 cm³/mol. The number of rotatable bonds is 0. The summed E-state index contributed by atoms with van der Waals surface area (Å²) in [5.41, 5.74) is 6.45. The smallest absolute Gasteiger partial charge is 0.418 e. The van der Waals surface area contributed by atoms with Gasteiger partial charge in [-0.05, 0) is 6.07 Å². The number of nitrogen functional groups attached to an aromatic ring is 1. The fourth-order valence-corrected chi connectivity index (χ4v) is 0.587. The van der Waals surface area contributed by atoms with E-state index in [1.807, 2.05) is 0 Å². The quantitative estimate of drug-likeness (QED) is 0.307. The Morgan fingerprint density at radius 1 is 1.21 bits per heavy atom. The highest BCUT2D eigenvalue weighted by molar-refractivity contribution is 6.50. The normalized spacial score (nSPS) is 9.64. The maximum atomic E-state index is 9.75. The first-order valence-electron chi connectivity index (χ1n) is 3.41. The SMILES string of the molecule is F[B-](F)(F)F.N#[N+]c1cccc(N)c1. The Morgan fingerprint density at radius 2 is 1.71 bits per heavy atom. The summed E-state index contributed by atoms with van der Waals surface area (Å²) in [7, 11) is -6.00. The Bertz CT molecular complexity index is 327. The number of halogens is 4. The molecule has 0 unspecified atom stereocenters. The van der Waals surface area contributed by atoms with Gasteiger partial charge in [0.25, 0.3) is 0 Å². The van der Waals surface area contributed by atoms with Crippen LogP contribution < -0.4 is 5.73 Å². The minimum absolute atomic E-state index is 0.481. The fraction of sp³-hybridized carbons (Fsp3) is 0. The molecule has 1 aromatic rings. The third kappa shape index (κ3) is 8.32. The summed E-state index contributed by atoms with van der Waals surface area (Å²) in [4.78, 5) is 2.95. The standard InChI is InChI=1S/C6H6N3.BF4/c7-5-2-1-3-6(4-5)9-8;2-1(3,4)5/h1-4H,7H2;/q+1;-1. The Hall–Kier alpha value is -1.78. The van der Waals surface area contributed by atoms with Gasteiger partial charge in [0.2, 0.25) is 5.39 Å². The largest absolute Gasteiger partial charge is 0.673 e. The minimum Gasteiger partial charge on any atom is -0.418 e. The van der Waals surface area contributed by atoms with Gasteiger partial charge in [0.05, 0.1) is 6.07 Å². The summed E-state index contributed by atoms with van der Waals surface area (Å²) in [6.07, 6.45) is 0. The van der Waals surface area contributed by atoms with Gasteiger partial charge in [0, 0.05) is 11.8 Å². The second kappa shape index (κ2) is 5.06. The van der Waals surface area contributed by atoms with E-state index in [1.54, 1.807) is 24.3 Å². The summed E-state index contributed by atoms with van der Waals surface area (Å²) < 4.78 is 39.0. The fourth-order valence-electron chi connectivity index (χ4n) is 0.587. The van der Waals surface area contributed by atoms with Gasteiger partial charge in [-0.1, -0.05) is 6.07 Å². The van der Waals surface area contributed by atoms with Gasteiger partial charge in [-0.25, -0.2) is 0 Å². The molecule has 2 N–H and O–H groups in total. The number of anilines is 1. The van der Waals surface area contributed by atoms with E-state index in [9.17, 15) is 17.3 Å². The number of nitrogens with zero attached hydrogens (tertiary/aromatic N) is 2. The highest BCUT2D eigenvalue weighted by Gasteiger charge is 2.20. The number of hydrogen-bond acceptors (Lipinski definition) is 2. The van der Waals surface area contributed by atoms with Crippen LogP contribution in [0.5, 0.6) is 0 Å². The number of hydrogen-bond donors (Lipinski definition) is 1. The van der Waals surface area contributed by atoms with E-state index in [-0.39, 0.29) is 0 Å². The lowest BCUT2D eigenvalue weighted by atomic mass is 10.3. The number of diazo groups is 1. The zero-order chi connectivity index (χ0) is 11.2. The summed E-state index contributed by atoms with van der Waals surface area (Å²) in [6.45, 7) is 0. The van der Waals surface area contributed by atoms with Crippen LogP contribution in [-0.2, 0) is 0 Å². The van der Waals surface area contributed by atoms with Crippen LogP contribution in [0, 0.1) is 5.39 Å². The first-order chi connectivity index (χ1) is 6.33. The van der Waals surface area contributed by atoms with E-state index in [0.717, 1.165) is 0 Å². The molecule has 0 spiro atoms. The zero-order valence-corrected chi connectivity index (χ0v) is 6.87. The first-order valence-corrected chi connectivity index (χ1v) is 3.41. The van der Waals surface area contributed by atoms with Gasteiger partial charge in [-0.15, -0.1) is 0 Å². The average molecular weight is 207 g/mol. The van der Waals surface area contributed by atoms with Gasteiger partial charge >= 0.3 is 12.9 Å². The average Bonchev–Trinajstić information content (AvgIpc) is 2.01. The van der Waals surface area contributed by atoms with Crippen molar-refractivity contribution in [2.45, 2.75) is 0 Å². The summed E-state index contributed by atoms with van der Waals surface area (Å²) >= 11 is 0. The van der Waals surface area contributed by atoms with Crippen LogP contribution in [0.3, 0.4) is 0 Å². The first kappa shape index (κ1) is 12.2. The van der Waals surface area contributed by atoms with Crippen LogP contribution in [0.15, 0.2) is 24.3 Å². The molecule has 0 amide bonds. The molecular weight excluding hydrogens is 201 g/mol. The van der Waals surface area contributed by atoms with Gasteiger partial charge in [-0.2, -0.15) is 0 Å². The van der Waals surface area contributed by atoms with Gasteiger partial charge in [0.1, 0.15) is 0 Å². The van der Waals surface area contributed by atoms with Crippen molar-refractivity contribution in [3.63, 3.8) is 0 Å². The molecule has 0 aliphatic rings. The summed E-state index contributed by atoms with van der Waals surface area (Å²) in [5, 5.41) is 8.23. The molecule has 0 aliphatic heterocycles. The second-order valence-electron chi connectivity index (χ2n) is 2.19. The lowest BCUT2D eigenvalue weighted by molar-refractivity contribution is 0.368. The highest BCUT2D eigenvalue weighted by Crippen LogP contribution is 2.13. The molecule has 14 heavy (non-hydrogen) atoms. The van der Waals surface area contributed by atoms with Crippen LogP contribution in [0.4, 0.5) is 28.6 Å². The number of nitrogens with two attached hydrogens (primary N) is 1. The Kier molecular flexibility index (Phi) is 4.42. The van der Waals surface area contributed by atoms with Gasteiger partial charge in [-0.3, -0.25) is 0 Å². The van der Waals surface area contributed by atoms with Gasteiger partial charge < -0.3 is 23.0 Å². The topological polar surface area (TPSA) is 54.2 Å². The minimum atomic E-state index is -6.00. The van der Waals surface area contributed by atoms with Crippen molar-refractivity contribution >= 4 is 18.6 Å². The summed E-state index contributed by atoms with van der Waals surface area (Å²) in [6, 6.07) is 6.70. The Balaban J connectivity index is 0.000000292. The molecule has 1 rings (SSSR count). The van der Waals surface area contributed by atoms with Crippen molar-refractivity contribution in [3.05, 3.63) is 29.2 Å². The molecule has 0 heterocycles. The molecule has 0 aliphatic carbocycles. The van der Waals surface area contributed by atoms with E-state index < -0.39 is 7.25 Å². The van der Waals surface area contributed by atoms with Crippen molar-refractivity contribution in [2.24, 2.45) is 0 Å². The highest BCUT2D eigenvalue weighted by atomic mass is 19.5. The molecule has 0 fully saturated rings. The van der Waals surface area contributed by atoms with Crippen LogP contribution in [0.1, 0.15) is 0 Å². The molecule has 3 nitrogen and oxygen atoms in total. The second-order valence-corrected chi connectivity index (χ2v) is 2.19. The number of benzene rings is 1. The van der Waals surface area contributed by atoms with Crippen LogP contribution >= 0.6 is 0 Å². The van der Waals surface area contributed by atoms with E-state index in [2.05, 4.69) is 4.98 Å². The Morgan fingerprint density at radius 3 is 2.00 bits per heavy atom. The maximum Gasteiger partial charge on any atom is 0.673 e. The molecular formula is C6H6BF4N3. The van der Waals surface area contributed by atoms with Crippen LogP contribution in [-0.4, -0.2) is 7.25 Å². The monoisotopic (exact) mass is 207 g/mol. The molecule has 0 saturated heterocycles. The molecule has 0 radical (unpaired) electrons. The molecule has 76 valence electrons. The zero-order valence-electron chi connectivity index (χ0n) is 6.87. The lowest BCUT2D eigenvalue weighted by Crippen LogP contribution is -2.02. The third-order valence-electron chi connectivity index (χ3n) is 0.986. The van der Waals surface area contributed by atoms with Crippen molar-refractivity contribution in [1.82, 2.24) is 0 Å². The van der Waals surface area contributed by atoms with E-state index in [1.165, 1.54) is 0 Å². The summed E-state index contributed by atoms with van der Waals surface area (Å²) in [5.74, 6) is 0. The van der Waals surface area contributed by atoms with Crippen molar-refractivity contribution < 1.29 is 17.3 Å². The molecule has 0 atom stereocenters. The molecule has 0 saturated carbocycles. The van der Waals surface area contributed by atoms with Crippen molar-refractivity contribution in [2.75, 3.05) is 5.73 Å². The van der Waals surface area contributed by atoms with E-state index in [0.29, 0.717) is 11.4 Å². The third-order valence-corrected chi connectivity index (χ3v) is 0.986. The van der Waals surface area contributed by atoms with Gasteiger partial charge in [0.15, 0.2) is 4.98 Å². The van der Waals surface area contributed by atoms with Crippen LogP contribution in [0.25, 0.3) is 4.98 Å². The predicted octanol–water partition coefficient (Wildman–Crippen LogP) is 3.05. The molecule has 1 aromatic carbocycles. The van der Waals surface area contributed by atoms with E-state index in [4.69, 9.17) is 11.1 Å². The van der Waals surface area contributed by atoms with Crippen LogP contribution in [0.2, 0.25) is 0 Å². The molecule has 0 aromatic heterocycles. The molecule has 0 bridgehead atoms. The maximum absolute atomic E-state index is 9.75. The molecule has 8 heteroatoms. The van der Waals surface area contributed by atoms with Crippen molar-refractivity contribution in [3.8, 4) is 0 Å². The van der Waals surface area contributed by atoms with E-state index >= 15 is 0 Å².